The van der Waals surface area contributed by atoms with Crippen LogP contribution in [-0.2, 0) is 4.79 Å². The fourth-order valence-electron chi connectivity index (χ4n) is 1.27. The van der Waals surface area contributed by atoms with Crippen molar-refractivity contribution in [2.75, 3.05) is 13.1 Å². The summed E-state index contributed by atoms with van der Waals surface area (Å²) < 4.78 is 0. The smallest absolute Gasteiger partial charge is 0.257 e. The molecule has 0 bridgehead atoms. The van der Waals surface area contributed by atoms with E-state index in [1.165, 1.54) is 12.3 Å². The largest absolute Gasteiger partial charge is 0.364 e. The zero-order valence-electron chi connectivity index (χ0n) is 9.79. The van der Waals surface area contributed by atoms with Crippen LogP contribution >= 0.6 is 0 Å². The monoisotopic (exact) mass is 237 g/mol. The molecule has 17 heavy (non-hydrogen) atoms. The lowest BCUT2D eigenvalue weighted by Crippen LogP contribution is -2.38. The Morgan fingerprint density at radius 2 is 2.06 bits per heavy atom. The van der Waals surface area contributed by atoms with Gasteiger partial charge in [0, 0.05) is 24.5 Å². The highest BCUT2D eigenvalue weighted by Gasteiger charge is 2.10. The zero-order chi connectivity index (χ0) is 12.8. The van der Waals surface area contributed by atoms with E-state index in [9.17, 15) is 14.4 Å². The van der Waals surface area contributed by atoms with E-state index in [0.717, 1.165) is 0 Å². The average molecular weight is 237 g/mol. The van der Waals surface area contributed by atoms with Crippen LogP contribution in [0, 0.1) is 6.92 Å². The summed E-state index contributed by atoms with van der Waals surface area (Å²) in [5, 5.41) is 4.91. The van der Waals surface area contributed by atoms with Gasteiger partial charge in [0.2, 0.25) is 5.91 Å². The van der Waals surface area contributed by atoms with Crippen molar-refractivity contribution in [3.05, 3.63) is 33.7 Å². The van der Waals surface area contributed by atoms with Gasteiger partial charge in [-0.3, -0.25) is 14.4 Å². The minimum atomic E-state index is -0.558. The molecular weight excluding hydrogens is 222 g/mol. The van der Waals surface area contributed by atoms with Crippen molar-refractivity contribution in [1.29, 1.82) is 0 Å². The molecule has 2 amide bonds. The summed E-state index contributed by atoms with van der Waals surface area (Å²) in [7, 11) is 0. The highest BCUT2D eigenvalue weighted by molar-refractivity contribution is 5.96. The first-order valence-corrected chi connectivity index (χ1v) is 5.28. The molecule has 3 N–H and O–H groups in total. The quantitative estimate of drug-likeness (QED) is 0.662. The van der Waals surface area contributed by atoms with Crippen LogP contribution < -0.4 is 16.1 Å². The van der Waals surface area contributed by atoms with Crippen LogP contribution in [0.1, 0.15) is 23.0 Å². The van der Waals surface area contributed by atoms with Crippen molar-refractivity contribution in [3.63, 3.8) is 0 Å². The first kappa shape index (κ1) is 13.0. The van der Waals surface area contributed by atoms with Gasteiger partial charge in [-0.2, -0.15) is 0 Å². The lowest BCUT2D eigenvalue weighted by Gasteiger charge is -2.05. The molecule has 92 valence electrons. The minimum Gasteiger partial charge on any atom is -0.364 e. The lowest BCUT2D eigenvalue weighted by molar-refractivity contribution is -0.120. The molecule has 0 atom stereocenters. The second-order valence-corrected chi connectivity index (χ2v) is 3.53. The minimum absolute atomic E-state index is 0.0000940. The van der Waals surface area contributed by atoms with Gasteiger partial charge in [0.1, 0.15) is 5.56 Å². The number of nitrogens with one attached hydrogen (secondary N) is 3. The third-order valence-electron chi connectivity index (χ3n) is 2.09. The standard InChI is InChI=1S/C11H15N3O3/c1-3-12-10(16)6-14-11(17)8-5-13-7(2)4-9(8)15/h4-5H,3,6H2,1-2H3,(H,12,16)(H,13,15)(H,14,17). The van der Waals surface area contributed by atoms with Crippen molar-refractivity contribution in [1.82, 2.24) is 15.6 Å². The molecule has 0 saturated carbocycles. The number of hydrogen-bond donors (Lipinski definition) is 3. The number of carbonyl (C=O) groups is 2. The number of aromatic amines is 1. The summed E-state index contributed by atoms with van der Waals surface area (Å²) >= 11 is 0. The Kier molecular flexibility index (Phi) is 4.45. The molecule has 1 heterocycles. The molecule has 6 heteroatoms. The Bertz CT molecular complexity index is 479. The number of amides is 2. The van der Waals surface area contributed by atoms with Gasteiger partial charge in [-0.05, 0) is 13.8 Å². The molecule has 1 rings (SSSR count). The van der Waals surface area contributed by atoms with Crippen LogP contribution in [0.2, 0.25) is 0 Å². The SMILES string of the molecule is CCNC(=O)CNC(=O)c1c[nH]c(C)cc1=O. The van der Waals surface area contributed by atoms with E-state index >= 15 is 0 Å². The lowest BCUT2D eigenvalue weighted by atomic mass is 10.2. The predicted molar refractivity (Wildman–Crippen MR) is 62.8 cm³/mol. The fourth-order valence-corrected chi connectivity index (χ4v) is 1.27. The Morgan fingerprint density at radius 3 is 2.65 bits per heavy atom. The van der Waals surface area contributed by atoms with Gasteiger partial charge in [0.25, 0.3) is 5.91 Å². The summed E-state index contributed by atoms with van der Waals surface area (Å²) in [5.74, 6) is -0.845. The molecule has 6 nitrogen and oxygen atoms in total. The van der Waals surface area contributed by atoms with Crippen LogP contribution in [0.5, 0.6) is 0 Å². The molecule has 0 aliphatic carbocycles. The maximum absolute atomic E-state index is 11.6. The third-order valence-corrected chi connectivity index (χ3v) is 2.09. The molecule has 1 aromatic heterocycles. The van der Waals surface area contributed by atoms with Gasteiger partial charge in [0.15, 0.2) is 5.43 Å². The van der Waals surface area contributed by atoms with Gasteiger partial charge in [-0.15, -0.1) is 0 Å². The molecule has 0 aliphatic heterocycles. The second-order valence-electron chi connectivity index (χ2n) is 3.53. The molecule has 0 unspecified atom stereocenters. The third kappa shape index (κ3) is 3.75. The summed E-state index contributed by atoms with van der Waals surface area (Å²) in [6, 6.07) is 1.33. The average Bonchev–Trinajstić information content (AvgIpc) is 2.26. The molecule has 0 aromatic carbocycles. The number of pyridine rings is 1. The molecule has 1 aromatic rings. The van der Waals surface area contributed by atoms with Crippen molar-refractivity contribution >= 4 is 11.8 Å². The van der Waals surface area contributed by atoms with E-state index in [0.29, 0.717) is 12.2 Å². The summed E-state index contributed by atoms with van der Waals surface area (Å²) in [6.07, 6.45) is 1.34. The Labute approximate surface area is 98.4 Å². The second kappa shape index (κ2) is 5.83. The topological polar surface area (TPSA) is 91.1 Å². The molecule has 0 spiro atoms. The zero-order valence-corrected chi connectivity index (χ0v) is 9.79. The highest BCUT2D eigenvalue weighted by Crippen LogP contribution is 1.91. The van der Waals surface area contributed by atoms with Crippen LogP contribution in [0.25, 0.3) is 0 Å². The summed E-state index contributed by atoms with van der Waals surface area (Å²) in [5.41, 5.74) is 0.310. The van der Waals surface area contributed by atoms with E-state index < -0.39 is 5.91 Å². The Balaban J connectivity index is 2.64. The highest BCUT2D eigenvalue weighted by atomic mass is 16.2. The number of H-pyrrole nitrogens is 1. The first-order chi connectivity index (χ1) is 8.04. The van der Waals surface area contributed by atoms with Crippen molar-refractivity contribution in [3.8, 4) is 0 Å². The van der Waals surface area contributed by atoms with Gasteiger partial charge in [-0.25, -0.2) is 0 Å². The van der Waals surface area contributed by atoms with Crippen LogP contribution in [0.15, 0.2) is 17.1 Å². The Hall–Kier alpha value is -2.11. The van der Waals surface area contributed by atoms with E-state index in [-0.39, 0.29) is 23.4 Å². The van der Waals surface area contributed by atoms with E-state index in [1.54, 1.807) is 13.8 Å². The van der Waals surface area contributed by atoms with Gasteiger partial charge >= 0.3 is 0 Å². The summed E-state index contributed by atoms with van der Waals surface area (Å²) in [4.78, 5) is 36.9. The predicted octanol–water partition coefficient (Wildman–Crippen LogP) is -0.451. The summed E-state index contributed by atoms with van der Waals surface area (Å²) in [6.45, 7) is 3.86. The van der Waals surface area contributed by atoms with Crippen LogP contribution in [0.4, 0.5) is 0 Å². The molecule has 0 saturated heterocycles. The van der Waals surface area contributed by atoms with Crippen molar-refractivity contribution in [2.24, 2.45) is 0 Å². The number of rotatable bonds is 4. The molecule has 0 radical (unpaired) electrons. The van der Waals surface area contributed by atoms with Crippen LogP contribution in [-0.4, -0.2) is 29.9 Å². The van der Waals surface area contributed by atoms with Crippen LogP contribution in [0.3, 0.4) is 0 Å². The van der Waals surface area contributed by atoms with Gasteiger partial charge in [0.05, 0.1) is 6.54 Å². The fraction of sp³-hybridized carbons (Fsp3) is 0.364. The van der Waals surface area contributed by atoms with Gasteiger partial charge < -0.3 is 15.6 Å². The number of hydrogen-bond acceptors (Lipinski definition) is 3. The number of likely N-dealkylation sites (N-methyl/N-ethyl adjacent to an activating group) is 1. The van der Waals surface area contributed by atoms with Crippen molar-refractivity contribution in [2.45, 2.75) is 13.8 Å². The number of carbonyl (C=O) groups excluding carboxylic acids is 2. The van der Waals surface area contributed by atoms with E-state index in [1.807, 2.05) is 0 Å². The van der Waals surface area contributed by atoms with E-state index in [2.05, 4.69) is 15.6 Å². The maximum Gasteiger partial charge on any atom is 0.257 e. The molecule has 0 aliphatic rings. The Morgan fingerprint density at radius 1 is 1.35 bits per heavy atom. The van der Waals surface area contributed by atoms with Gasteiger partial charge in [-0.1, -0.05) is 0 Å². The maximum atomic E-state index is 11.6. The van der Waals surface area contributed by atoms with Crippen molar-refractivity contribution < 1.29 is 9.59 Å². The number of aryl methyl sites for hydroxylation is 1. The first-order valence-electron chi connectivity index (χ1n) is 5.28. The number of aromatic nitrogens is 1. The molecular formula is C11H15N3O3. The van der Waals surface area contributed by atoms with E-state index in [4.69, 9.17) is 0 Å². The molecule has 0 fully saturated rings. The normalized spacial score (nSPS) is 9.76.